The lowest BCUT2D eigenvalue weighted by molar-refractivity contribution is 0.288. The Morgan fingerprint density at radius 1 is 1.50 bits per heavy atom. The van der Waals surface area contributed by atoms with Crippen molar-refractivity contribution >= 4 is 0 Å². The van der Waals surface area contributed by atoms with Crippen LogP contribution in [-0.4, -0.2) is 27.4 Å². The Labute approximate surface area is 110 Å². The fourth-order valence-corrected chi connectivity index (χ4v) is 2.79. The van der Waals surface area contributed by atoms with Crippen molar-refractivity contribution in [1.82, 2.24) is 20.1 Å². The molecule has 2 rings (SSSR count). The van der Waals surface area contributed by atoms with E-state index in [-0.39, 0.29) is 0 Å². The van der Waals surface area contributed by atoms with Gasteiger partial charge in [0.25, 0.3) is 0 Å². The van der Waals surface area contributed by atoms with Gasteiger partial charge in [0.2, 0.25) is 0 Å². The third-order valence-corrected chi connectivity index (χ3v) is 3.84. The van der Waals surface area contributed by atoms with Crippen LogP contribution in [0.2, 0.25) is 0 Å². The molecule has 4 nitrogen and oxygen atoms in total. The van der Waals surface area contributed by atoms with E-state index in [0.717, 1.165) is 31.3 Å². The van der Waals surface area contributed by atoms with Crippen molar-refractivity contribution in [2.24, 2.45) is 11.8 Å². The molecule has 1 aliphatic heterocycles. The van der Waals surface area contributed by atoms with E-state index in [9.17, 15) is 0 Å². The molecule has 1 aliphatic rings. The minimum atomic E-state index is 0.582. The lowest BCUT2D eigenvalue weighted by Gasteiger charge is -2.29. The predicted molar refractivity (Wildman–Crippen MR) is 73.4 cm³/mol. The molecule has 18 heavy (non-hydrogen) atoms. The van der Waals surface area contributed by atoms with Crippen LogP contribution in [-0.2, 0) is 13.0 Å². The van der Waals surface area contributed by atoms with E-state index < -0.39 is 0 Å². The fourth-order valence-electron chi connectivity index (χ4n) is 2.79. The molecule has 1 aromatic heterocycles. The van der Waals surface area contributed by atoms with Crippen molar-refractivity contribution in [3.8, 4) is 0 Å². The molecule has 1 N–H and O–H groups in total. The largest absolute Gasteiger partial charge is 0.314 e. The standard InChI is InChI=1S/C14H26N4/c1-4-12-5-6-15-13(7-12)8-14-16-10-17-18(14)9-11(2)3/h10-13,15H,4-9H2,1-3H3. The summed E-state index contributed by atoms with van der Waals surface area (Å²) in [7, 11) is 0. The number of piperidine rings is 1. The summed E-state index contributed by atoms with van der Waals surface area (Å²) in [6, 6.07) is 0.582. The molecule has 1 aromatic rings. The molecule has 0 aliphatic carbocycles. The summed E-state index contributed by atoms with van der Waals surface area (Å²) >= 11 is 0. The van der Waals surface area contributed by atoms with Crippen LogP contribution in [0.1, 0.15) is 45.9 Å². The van der Waals surface area contributed by atoms with Gasteiger partial charge in [-0.2, -0.15) is 5.10 Å². The Morgan fingerprint density at radius 3 is 3.06 bits per heavy atom. The van der Waals surface area contributed by atoms with Crippen LogP contribution < -0.4 is 5.32 Å². The van der Waals surface area contributed by atoms with Crippen molar-refractivity contribution in [3.63, 3.8) is 0 Å². The van der Waals surface area contributed by atoms with E-state index in [0.29, 0.717) is 12.0 Å². The molecule has 1 fully saturated rings. The fraction of sp³-hybridized carbons (Fsp3) is 0.857. The highest BCUT2D eigenvalue weighted by Gasteiger charge is 2.22. The number of nitrogens with zero attached hydrogens (tertiary/aromatic N) is 3. The summed E-state index contributed by atoms with van der Waals surface area (Å²) in [6.07, 6.45) is 6.62. The Hall–Kier alpha value is -0.900. The predicted octanol–water partition coefficient (Wildman–Crippen LogP) is 2.25. The second-order valence-corrected chi connectivity index (χ2v) is 5.91. The summed E-state index contributed by atoms with van der Waals surface area (Å²) in [5.41, 5.74) is 0. The molecule has 0 bridgehead atoms. The van der Waals surface area contributed by atoms with Gasteiger partial charge >= 0.3 is 0 Å². The molecular weight excluding hydrogens is 224 g/mol. The first kappa shape index (κ1) is 13.5. The molecule has 0 saturated carbocycles. The van der Waals surface area contributed by atoms with Crippen molar-refractivity contribution in [2.45, 2.75) is 59.0 Å². The average Bonchev–Trinajstić information content (AvgIpc) is 2.76. The highest BCUT2D eigenvalue weighted by Crippen LogP contribution is 2.21. The first-order chi connectivity index (χ1) is 8.69. The Balaban J connectivity index is 1.94. The highest BCUT2D eigenvalue weighted by molar-refractivity contribution is 4.92. The van der Waals surface area contributed by atoms with E-state index in [4.69, 9.17) is 0 Å². The quantitative estimate of drug-likeness (QED) is 0.871. The molecule has 1 saturated heterocycles. The summed E-state index contributed by atoms with van der Waals surface area (Å²) in [4.78, 5) is 4.43. The molecule has 0 spiro atoms. The molecule has 0 amide bonds. The lowest BCUT2D eigenvalue weighted by Crippen LogP contribution is -2.40. The molecule has 2 atom stereocenters. The van der Waals surface area contributed by atoms with Gasteiger partial charge in [-0.15, -0.1) is 0 Å². The SMILES string of the molecule is CCC1CCNC(Cc2ncnn2CC(C)C)C1. The molecular formula is C14H26N4. The highest BCUT2D eigenvalue weighted by atomic mass is 15.3. The summed E-state index contributed by atoms with van der Waals surface area (Å²) in [5, 5.41) is 7.96. The third kappa shape index (κ3) is 3.55. The Bertz CT molecular complexity index is 358. The summed E-state index contributed by atoms with van der Waals surface area (Å²) in [6.45, 7) is 8.87. The Kier molecular flexibility index (Phi) is 4.75. The maximum absolute atomic E-state index is 4.43. The second kappa shape index (κ2) is 6.32. The van der Waals surface area contributed by atoms with Crippen LogP contribution >= 0.6 is 0 Å². The minimum absolute atomic E-state index is 0.582. The van der Waals surface area contributed by atoms with Crippen molar-refractivity contribution < 1.29 is 0 Å². The van der Waals surface area contributed by atoms with Gasteiger partial charge in [0, 0.05) is 19.0 Å². The molecule has 2 heterocycles. The zero-order valence-corrected chi connectivity index (χ0v) is 11.9. The van der Waals surface area contributed by atoms with Crippen LogP contribution in [0, 0.1) is 11.8 Å². The number of hydrogen-bond donors (Lipinski definition) is 1. The van der Waals surface area contributed by atoms with Gasteiger partial charge in [-0.3, -0.25) is 0 Å². The van der Waals surface area contributed by atoms with Crippen LogP contribution in [0.3, 0.4) is 0 Å². The van der Waals surface area contributed by atoms with Crippen LogP contribution in [0.15, 0.2) is 6.33 Å². The molecule has 2 unspecified atom stereocenters. The molecule has 0 aromatic carbocycles. The molecule has 4 heteroatoms. The number of aromatic nitrogens is 3. The van der Waals surface area contributed by atoms with Gasteiger partial charge in [0.1, 0.15) is 12.2 Å². The second-order valence-electron chi connectivity index (χ2n) is 5.91. The topological polar surface area (TPSA) is 42.7 Å². The van der Waals surface area contributed by atoms with E-state index in [1.54, 1.807) is 6.33 Å². The minimum Gasteiger partial charge on any atom is -0.314 e. The van der Waals surface area contributed by atoms with E-state index >= 15 is 0 Å². The van der Waals surface area contributed by atoms with Gasteiger partial charge in [-0.1, -0.05) is 27.2 Å². The Morgan fingerprint density at radius 2 is 2.33 bits per heavy atom. The zero-order chi connectivity index (χ0) is 13.0. The van der Waals surface area contributed by atoms with Gasteiger partial charge in [0.05, 0.1) is 0 Å². The van der Waals surface area contributed by atoms with Crippen molar-refractivity contribution in [1.29, 1.82) is 0 Å². The molecule has 102 valence electrons. The van der Waals surface area contributed by atoms with Gasteiger partial charge in [-0.05, 0) is 31.2 Å². The monoisotopic (exact) mass is 250 g/mol. The van der Waals surface area contributed by atoms with Crippen LogP contribution in [0.4, 0.5) is 0 Å². The van der Waals surface area contributed by atoms with Crippen LogP contribution in [0.25, 0.3) is 0 Å². The van der Waals surface area contributed by atoms with Crippen molar-refractivity contribution in [2.75, 3.05) is 6.54 Å². The summed E-state index contributed by atoms with van der Waals surface area (Å²) < 4.78 is 2.07. The average molecular weight is 250 g/mol. The van der Waals surface area contributed by atoms with Crippen molar-refractivity contribution in [3.05, 3.63) is 12.2 Å². The number of hydrogen-bond acceptors (Lipinski definition) is 3. The number of nitrogens with one attached hydrogen (secondary N) is 1. The number of rotatable bonds is 5. The molecule has 0 radical (unpaired) electrons. The summed E-state index contributed by atoms with van der Waals surface area (Å²) in [5.74, 6) is 2.64. The van der Waals surface area contributed by atoms with E-state index in [1.165, 1.54) is 19.3 Å². The van der Waals surface area contributed by atoms with Gasteiger partial charge in [-0.25, -0.2) is 9.67 Å². The lowest BCUT2D eigenvalue weighted by atomic mass is 9.89. The maximum Gasteiger partial charge on any atom is 0.138 e. The van der Waals surface area contributed by atoms with Crippen LogP contribution in [0.5, 0.6) is 0 Å². The first-order valence-corrected chi connectivity index (χ1v) is 7.29. The zero-order valence-electron chi connectivity index (χ0n) is 11.9. The van der Waals surface area contributed by atoms with Gasteiger partial charge in [0.15, 0.2) is 0 Å². The first-order valence-electron chi connectivity index (χ1n) is 7.29. The van der Waals surface area contributed by atoms with E-state index in [1.807, 2.05) is 0 Å². The van der Waals surface area contributed by atoms with E-state index in [2.05, 4.69) is 40.9 Å². The smallest absolute Gasteiger partial charge is 0.138 e. The maximum atomic E-state index is 4.43. The normalized spacial score (nSPS) is 24.7. The van der Waals surface area contributed by atoms with Gasteiger partial charge < -0.3 is 5.32 Å². The third-order valence-electron chi connectivity index (χ3n) is 3.84.